The molecule has 1 unspecified atom stereocenters. The highest BCUT2D eigenvalue weighted by Crippen LogP contribution is 2.34. The molecule has 4 aromatic rings. The average molecular weight is 590 g/mol. The smallest absolute Gasteiger partial charge is 0.248 e. The van der Waals surface area contributed by atoms with Gasteiger partial charge in [0.2, 0.25) is 11.8 Å². The second-order valence-corrected chi connectivity index (χ2v) is 10.7. The predicted molar refractivity (Wildman–Crippen MR) is 158 cm³/mol. The Morgan fingerprint density at radius 2 is 1.77 bits per heavy atom. The van der Waals surface area contributed by atoms with Gasteiger partial charge < -0.3 is 14.2 Å². The summed E-state index contributed by atoms with van der Waals surface area (Å²) >= 11 is 3.51. The minimum absolute atomic E-state index is 0.0495. The molecule has 1 aliphatic rings. The third-order valence-electron chi connectivity index (χ3n) is 7.38. The van der Waals surface area contributed by atoms with Crippen molar-refractivity contribution in [3.05, 3.63) is 88.2 Å². The summed E-state index contributed by atoms with van der Waals surface area (Å²) < 4.78 is 8.44. The number of imidazole rings is 1. The summed E-state index contributed by atoms with van der Waals surface area (Å²) in [5.41, 5.74) is 5.70. The van der Waals surface area contributed by atoms with Crippen molar-refractivity contribution in [2.24, 2.45) is 0 Å². The first-order chi connectivity index (χ1) is 18.9. The van der Waals surface area contributed by atoms with Gasteiger partial charge >= 0.3 is 0 Å². The van der Waals surface area contributed by atoms with Gasteiger partial charge in [0.15, 0.2) is 0 Å². The van der Waals surface area contributed by atoms with E-state index in [0.29, 0.717) is 13.0 Å². The lowest BCUT2D eigenvalue weighted by atomic mass is 10.0. The molecule has 0 spiro atoms. The molecule has 202 valence electrons. The van der Waals surface area contributed by atoms with Gasteiger partial charge in [0, 0.05) is 36.2 Å². The number of nitrogens with zero attached hydrogens (tertiary/aromatic N) is 4. The van der Waals surface area contributed by atoms with Crippen molar-refractivity contribution in [2.75, 3.05) is 30.2 Å². The van der Waals surface area contributed by atoms with Gasteiger partial charge in [0.05, 0.1) is 16.7 Å². The maximum Gasteiger partial charge on any atom is 0.248 e. The van der Waals surface area contributed by atoms with Crippen LogP contribution in [0.1, 0.15) is 43.1 Å². The van der Waals surface area contributed by atoms with Gasteiger partial charge in [-0.15, -0.1) is 0 Å². The fourth-order valence-electron chi connectivity index (χ4n) is 5.52. The molecule has 0 N–H and O–H groups in total. The first-order valence-electron chi connectivity index (χ1n) is 13.4. The van der Waals surface area contributed by atoms with Crippen LogP contribution in [0.5, 0.6) is 0 Å². The number of para-hydroxylation sites is 3. The quantitative estimate of drug-likeness (QED) is 0.222. The van der Waals surface area contributed by atoms with Crippen molar-refractivity contribution in [1.29, 1.82) is 0 Å². The first kappa shape index (κ1) is 27.1. The number of halogens is 1. The van der Waals surface area contributed by atoms with Crippen LogP contribution in [-0.4, -0.2) is 41.8 Å². The number of hydrogen-bond donors (Lipinski definition) is 0. The topological polar surface area (TPSA) is 67.7 Å². The molecule has 0 saturated carbocycles. The summed E-state index contributed by atoms with van der Waals surface area (Å²) in [5, 5.41) is 0. The Hall–Kier alpha value is -3.49. The van der Waals surface area contributed by atoms with Crippen LogP contribution in [0.3, 0.4) is 0 Å². The van der Waals surface area contributed by atoms with Crippen LogP contribution >= 0.6 is 15.9 Å². The van der Waals surface area contributed by atoms with Crippen LogP contribution in [0, 0.1) is 0 Å². The molecule has 0 radical (unpaired) electrons. The number of methoxy groups -OCH3 is 1. The molecule has 2 amide bonds. The third-order valence-corrected chi connectivity index (χ3v) is 7.87. The Balaban J connectivity index is 1.52. The summed E-state index contributed by atoms with van der Waals surface area (Å²) in [4.78, 5) is 35.7. The minimum Gasteiger partial charge on any atom is -0.364 e. The number of aryl methyl sites for hydroxylation is 2. The summed E-state index contributed by atoms with van der Waals surface area (Å²) in [7, 11) is 1.61. The number of ether oxygens (including phenoxy) is 1. The predicted octanol–water partition coefficient (Wildman–Crippen LogP) is 6.08. The van der Waals surface area contributed by atoms with Crippen molar-refractivity contribution >= 4 is 50.2 Å². The molecule has 1 aliphatic heterocycles. The molecule has 0 aliphatic carbocycles. The van der Waals surface area contributed by atoms with Gasteiger partial charge in [0.25, 0.3) is 0 Å². The molecule has 1 fully saturated rings. The van der Waals surface area contributed by atoms with E-state index in [4.69, 9.17) is 9.72 Å². The summed E-state index contributed by atoms with van der Waals surface area (Å²) in [6, 6.07) is 21.8. The van der Waals surface area contributed by atoms with E-state index >= 15 is 0 Å². The van der Waals surface area contributed by atoms with E-state index in [9.17, 15) is 9.59 Å². The molecule has 1 atom stereocenters. The van der Waals surface area contributed by atoms with Crippen LogP contribution in [0.4, 0.5) is 11.4 Å². The van der Waals surface area contributed by atoms with Crippen molar-refractivity contribution in [3.8, 4) is 0 Å². The Kier molecular flexibility index (Phi) is 8.14. The Bertz CT molecular complexity index is 1490. The number of benzene rings is 3. The zero-order valence-electron chi connectivity index (χ0n) is 22.6. The second kappa shape index (κ2) is 11.7. The summed E-state index contributed by atoms with van der Waals surface area (Å²) in [5.74, 6) is 0.590. The zero-order valence-corrected chi connectivity index (χ0v) is 24.1. The monoisotopic (exact) mass is 588 g/mol. The number of amides is 2. The van der Waals surface area contributed by atoms with Gasteiger partial charge in [-0.25, -0.2) is 4.98 Å². The van der Waals surface area contributed by atoms with E-state index in [1.807, 2.05) is 64.1 Å². The number of rotatable bonds is 9. The number of hydrogen-bond acceptors (Lipinski definition) is 4. The maximum atomic E-state index is 14.1. The Labute approximate surface area is 237 Å². The summed E-state index contributed by atoms with van der Waals surface area (Å²) in [6.07, 6.45) is 1.96. The summed E-state index contributed by atoms with van der Waals surface area (Å²) in [6.45, 7) is 4.96. The van der Waals surface area contributed by atoms with Crippen molar-refractivity contribution < 1.29 is 14.3 Å². The number of aromatic nitrogens is 2. The van der Waals surface area contributed by atoms with Crippen LogP contribution in [0.25, 0.3) is 11.0 Å². The molecule has 1 aromatic heterocycles. The average Bonchev–Trinajstić information content (AvgIpc) is 3.51. The van der Waals surface area contributed by atoms with E-state index in [2.05, 4.69) is 41.9 Å². The molecular formula is C31H33BrN4O3. The zero-order chi connectivity index (χ0) is 27.5. The van der Waals surface area contributed by atoms with Crippen molar-refractivity contribution in [1.82, 2.24) is 9.55 Å². The van der Waals surface area contributed by atoms with E-state index in [1.165, 1.54) is 0 Å². The van der Waals surface area contributed by atoms with Gasteiger partial charge in [0.1, 0.15) is 19.1 Å². The molecule has 8 heteroatoms. The molecule has 2 heterocycles. The van der Waals surface area contributed by atoms with Crippen LogP contribution in [0.2, 0.25) is 0 Å². The van der Waals surface area contributed by atoms with Gasteiger partial charge in [-0.05, 0) is 54.3 Å². The molecule has 3 aromatic carbocycles. The molecule has 1 saturated heterocycles. The van der Waals surface area contributed by atoms with Crippen molar-refractivity contribution in [3.63, 3.8) is 0 Å². The second-order valence-electron chi connectivity index (χ2n) is 9.80. The molecule has 5 rings (SSSR count). The lowest BCUT2D eigenvalue weighted by molar-refractivity contribution is -0.120. The van der Waals surface area contributed by atoms with Gasteiger partial charge in [-0.1, -0.05) is 66.2 Å². The Morgan fingerprint density at radius 1 is 1.05 bits per heavy atom. The molecular weight excluding hydrogens is 556 g/mol. The lowest BCUT2D eigenvalue weighted by Gasteiger charge is -2.27. The number of carbonyl (C=O) groups excluding carboxylic acids is 2. The number of carbonyl (C=O) groups is 2. The first-order valence-corrected chi connectivity index (χ1v) is 14.2. The highest BCUT2D eigenvalue weighted by molar-refractivity contribution is 9.10. The van der Waals surface area contributed by atoms with Crippen LogP contribution in [-0.2, 0) is 33.7 Å². The van der Waals surface area contributed by atoms with E-state index in [0.717, 1.165) is 56.7 Å². The molecule has 0 bridgehead atoms. The van der Waals surface area contributed by atoms with Crippen LogP contribution in [0.15, 0.2) is 71.2 Å². The van der Waals surface area contributed by atoms with Crippen molar-refractivity contribution in [2.45, 2.75) is 45.6 Å². The highest BCUT2D eigenvalue weighted by Gasteiger charge is 2.35. The minimum atomic E-state index is -0.137. The largest absolute Gasteiger partial charge is 0.364 e. The van der Waals surface area contributed by atoms with Gasteiger partial charge in [-0.3, -0.25) is 14.5 Å². The van der Waals surface area contributed by atoms with E-state index < -0.39 is 0 Å². The van der Waals surface area contributed by atoms with E-state index in [-0.39, 0.29) is 31.0 Å². The Morgan fingerprint density at radius 3 is 2.46 bits per heavy atom. The van der Waals surface area contributed by atoms with Crippen LogP contribution < -0.4 is 9.80 Å². The van der Waals surface area contributed by atoms with Gasteiger partial charge in [-0.2, -0.15) is 0 Å². The maximum absolute atomic E-state index is 14.1. The third kappa shape index (κ3) is 5.36. The van der Waals surface area contributed by atoms with E-state index in [1.54, 1.807) is 12.0 Å². The fraction of sp³-hybridized carbons (Fsp3) is 0.323. The number of anilines is 2. The highest BCUT2D eigenvalue weighted by atomic mass is 79.9. The lowest BCUT2D eigenvalue weighted by Crippen LogP contribution is -2.37. The fourth-order valence-corrected chi connectivity index (χ4v) is 5.91. The molecule has 7 nitrogen and oxygen atoms in total. The standard InChI is InChI=1S/C31H33BrN4O3/c1-4-21-10-8-11-22(5-2)30(21)36(20-39-3)29(38)19-35-27-15-7-6-14-26(27)33-31(35)23-16-28(37)34(18-23)25-13-9-12-24(32)17-25/h6-15,17,23H,4-5,16,18-20H2,1-3H3. The SMILES string of the molecule is CCc1cccc(CC)c1N(COC)C(=O)Cn1c(C2CC(=O)N(c3cccc(Br)c3)C2)nc2ccccc21. The molecule has 39 heavy (non-hydrogen) atoms. The number of fused-ring (bicyclic) bond motifs is 1. The normalized spacial score (nSPS) is 15.3.